The molecule has 0 saturated carbocycles. The number of nitrogens with zero attached hydrogens (tertiary/aromatic N) is 2. The van der Waals surface area contributed by atoms with Crippen molar-refractivity contribution in [3.63, 3.8) is 0 Å². The highest BCUT2D eigenvalue weighted by atomic mass is 16.5. The third-order valence-corrected chi connectivity index (χ3v) is 7.37. The van der Waals surface area contributed by atoms with Crippen LogP contribution in [0.25, 0.3) is 0 Å². The first-order valence-corrected chi connectivity index (χ1v) is 12.2. The van der Waals surface area contributed by atoms with Gasteiger partial charge in [-0.1, -0.05) is 30.3 Å². The van der Waals surface area contributed by atoms with Crippen LogP contribution in [0.4, 0.5) is 0 Å². The van der Waals surface area contributed by atoms with Crippen molar-refractivity contribution in [3.8, 4) is 0 Å². The van der Waals surface area contributed by atoms with Gasteiger partial charge < -0.3 is 14.5 Å². The van der Waals surface area contributed by atoms with Crippen LogP contribution >= 0.6 is 0 Å². The minimum atomic E-state index is -0.121. The summed E-state index contributed by atoms with van der Waals surface area (Å²) in [5.41, 5.74) is 1.42. The molecule has 3 rings (SSSR count). The standard InChI is InChI=1S/C26H40N2O3/c1-21(8-11-26(30)31-2)27-16-12-22(13-17-27)9-10-25(29)28-18-14-24(15-19-28)20-23-6-4-3-5-7-23/h3-7,21-22,24H,8-20H2,1-2H3. The van der Waals surface area contributed by atoms with Gasteiger partial charge in [-0.25, -0.2) is 0 Å². The van der Waals surface area contributed by atoms with Gasteiger partial charge >= 0.3 is 5.97 Å². The third-order valence-electron chi connectivity index (χ3n) is 7.37. The van der Waals surface area contributed by atoms with Gasteiger partial charge in [0, 0.05) is 32.0 Å². The van der Waals surface area contributed by atoms with Crippen molar-refractivity contribution in [1.82, 2.24) is 9.80 Å². The summed E-state index contributed by atoms with van der Waals surface area (Å²) in [6.45, 7) is 6.20. The Morgan fingerprint density at radius 2 is 1.61 bits per heavy atom. The zero-order valence-corrected chi connectivity index (χ0v) is 19.4. The van der Waals surface area contributed by atoms with Crippen LogP contribution in [0.1, 0.15) is 63.9 Å². The first-order valence-electron chi connectivity index (χ1n) is 12.2. The number of hydrogen-bond donors (Lipinski definition) is 0. The van der Waals surface area contributed by atoms with Gasteiger partial charge in [0.25, 0.3) is 0 Å². The molecule has 2 saturated heterocycles. The Labute approximate surface area is 188 Å². The number of ether oxygens (including phenoxy) is 1. The second-order valence-electron chi connectivity index (χ2n) is 9.50. The topological polar surface area (TPSA) is 49.9 Å². The summed E-state index contributed by atoms with van der Waals surface area (Å²) in [5, 5.41) is 0. The molecular formula is C26H40N2O3. The lowest BCUT2D eigenvalue weighted by atomic mass is 9.89. The summed E-state index contributed by atoms with van der Waals surface area (Å²) in [7, 11) is 1.45. The second kappa shape index (κ2) is 12.2. The summed E-state index contributed by atoms with van der Waals surface area (Å²) in [6.07, 6.45) is 8.79. The summed E-state index contributed by atoms with van der Waals surface area (Å²) in [4.78, 5) is 28.7. The minimum Gasteiger partial charge on any atom is -0.469 e. The molecule has 2 aliphatic heterocycles. The van der Waals surface area contributed by atoms with Crippen molar-refractivity contribution < 1.29 is 14.3 Å². The first kappa shape index (κ1) is 23.8. The molecule has 0 N–H and O–H groups in total. The van der Waals surface area contributed by atoms with E-state index >= 15 is 0 Å². The van der Waals surface area contributed by atoms with Crippen LogP contribution in [0, 0.1) is 11.8 Å². The van der Waals surface area contributed by atoms with Crippen LogP contribution in [-0.2, 0) is 20.7 Å². The molecule has 0 aromatic heterocycles. The molecule has 0 bridgehead atoms. The number of piperidine rings is 2. The molecule has 0 radical (unpaired) electrons. The highest BCUT2D eigenvalue weighted by Gasteiger charge is 2.26. The monoisotopic (exact) mass is 428 g/mol. The van der Waals surface area contributed by atoms with E-state index in [1.807, 2.05) is 0 Å². The Kier molecular flexibility index (Phi) is 9.38. The highest BCUT2D eigenvalue weighted by Crippen LogP contribution is 2.26. The second-order valence-corrected chi connectivity index (χ2v) is 9.50. The first-order chi connectivity index (χ1) is 15.0. The van der Waals surface area contributed by atoms with Gasteiger partial charge in [0.2, 0.25) is 5.91 Å². The largest absolute Gasteiger partial charge is 0.469 e. The Morgan fingerprint density at radius 3 is 2.26 bits per heavy atom. The number of benzene rings is 1. The Hall–Kier alpha value is -1.88. The lowest BCUT2D eigenvalue weighted by Gasteiger charge is -2.36. The number of carbonyl (C=O) groups excluding carboxylic acids is 2. The van der Waals surface area contributed by atoms with Crippen LogP contribution in [0.5, 0.6) is 0 Å². The molecule has 5 heteroatoms. The fourth-order valence-corrected chi connectivity index (χ4v) is 5.11. The predicted molar refractivity (Wildman–Crippen MR) is 124 cm³/mol. The van der Waals surface area contributed by atoms with Crippen LogP contribution in [0.15, 0.2) is 30.3 Å². The van der Waals surface area contributed by atoms with Crippen molar-refractivity contribution >= 4 is 11.9 Å². The van der Waals surface area contributed by atoms with Gasteiger partial charge in [0.1, 0.15) is 0 Å². The van der Waals surface area contributed by atoms with E-state index in [0.717, 1.165) is 71.1 Å². The van der Waals surface area contributed by atoms with Crippen molar-refractivity contribution in [1.29, 1.82) is 0 Å². The van der Waals surface area contributed by atoms with Gasteiger partial charge in [0.15, 0.2) is 0 Å². The molecule has 2 heterocycles. The molecule has 2 fully saturated rings. The molecule has 1 aromatic rings. The number of hydrogen-bond acceptors (Lipinski definition) is 4. The number of carbonyl (C=O) groups is 2. The minimum absolute atomic E-state index is 0.121. The molecule has 0 spiro atoms. The summed E-state index contributed by atoms with van der Waals surface area (Å²) in [5.74, 6) is 1.59. The molecule has 172 valence electrons. The third kappa shape index (κ3) is 7.64. The zero-order chi connectivity index (χ0) is 22.1. The van der Waals surface area contributed by atoms with Gasteiger partial charge in [-0.05, 0) is 82.4 Å². The molecule has 0 aliphatic carbocycles. The summed E-state index contributed by atoms with van der Waals surface area (Å²) >= 11 is 0. The average molecular weight is 429 g/mol. The van der Waals surface area contributed by atoms with Crippen molar-refractivity contribution in [2.45, 2.75) is 70.8 Å². The maximum absolute atomic E-state index is 12.7. The quantitative estimate of drug-likeness (QED) is 0.550. The van der Waals surface area contributed by atoms with Crippen molar-refractivity contribution in [3.05, 3.63) is 35.9 Å². The molecule has 5 nitrogen and oxygen atoms in total. The maximum atomic E-state index is 12.7. The van der Waals surface area contributed by atoms with Crippen LogP contribution in [-0.4, -0.2) is 61.0 Å². The molecule has 1 aromatic carbocycles. The van der Waals surface area contributed by atoms with Crippen molar-refractivity contribution in [2.24, 2.45) is 11.8 Å². The molecular weight excluding hydrogens is 388 g/mol. The maximum Gasteiger partial charge on any atom is 0.305 e. The fraction of sp³-hybridized carbons (Fsp3) is 0.692. The van der Waals surface area contributed by atoms with Crippen LogP contribution in [0.2, 0.25) is 0 Å². The van der Waals surface area contributed by atoms with E-state index in [4.69, 9.17) is 4.74 Å². The van der Waals surface area contributed by atoms with Gasteiger partial charge in [0.05, 0.1) is 7.11 Å². The molecule has 1 atom stereocenters. The number of amides is 1. The number of likely N-dealkylation sites (tertiary alicyclic amines) is 2. The molecule has 1 amide bonds. The van der Waals surface area contributed by atoms with Crippen molar-refractivity contribution in [2.75, 3.05) is 33.3 Å². The predicted octanol–water partition coefficient (Wildman–Crippen LogP) is 4.30. The lowest BCUT2D eigenvalue weighted by molar-refractivity contribution is -0.141. The molecule has 1 unspecified atom stereocenters. The molecule has 31 heavy (non-hydrogen) atoms. The normalized spacial score (nSPS) is 19.9. The lowest BCUT2D eigenvalue weighted by Crippen LogP contribution is -2.41. The highest BCUT2D eigenvalue weighted by molar-refractivity contribution is 5.76. The van der Waals surface area contributed by atoms with Crippen LogP contribution in [0.3, 0.4) is 0 Å². The Bertz CT molecular complexity index is 677. The van der Waals surface area contributed by atoms with E-state index in [1.165, 1.54) is 12.7 Å². The van der Waals surface area contributed by atoms with E-state index in [0.29, 0.717) is 36.6 Å². The SMILES string of the molecule is COC(=O)CCC(C)N1CCC(CCC(=O)N2CCC(Cc3ccccc3)CC2)CC1. The van der Waals surface area contributed by atoms with E-state index in [2.05, 4.69) is 47.1 Å². The average Bonchev–Trinajstić information content (AvgIpc) is 2.82. The smallest absolute Gasteiger partial charge is 0.305 e. The van der Waals surface area contributed by atoms with E-state index in [1.54, 1.807) is 0 Å². The Balaban J connectivity index is 1.30. The number of rotatable bonds is 9. The molecule has 2 aliphatic rings. The number of esters is 1. The van der Waals surface area contributed by atoms with Gasteiger partial charge in [-0.2, -0.15) is 0 Å². The summed E-state index contributed by atoms with van der Waals surface area (Å²) < 4.78 is 4.75. The van der Waals surface area contributed by atoms with E-state index < -0.39 is 0 Å². The van der Waals surface area contributed by atoms with E-state index in [9.17, 15) is 9.59 Å². The van der Waals surface area contributed by atoms with Gasteiger partial charge in [-0.3, -0.25) is 9.59 Å². The van der Waals surface area contributed by atoms with Gasteiger partial charge in [-0.15, -0.1) is 0 Å². The summed E-state index contributed by atoms with van der Waals surface area (Å²) in [6, 6.07) is 11.1. The Morgan fingerprint density at radius 1 is 0.968 bits per heavy atom. The van der Waals surface area contributed by atoms with Crippen LogP contribution < -0.4 is 0 Å². The number of methoxy groups -OCH3 is 1. The van der Waals surface area contributed by atoms with E-state index in [-0.39, 0.29) is 5.97 Å². The fourth-order valence-electron chi connectivity index (χ4n) is 5.11. The zero-order valence-electron chi connectivity index (χ0n) is 19.4.